The molecule has 2 nitrogen and oxygen atoms in total. The largest absolute Gasteiger partial charge is 0.481 e. The van der Waals surface area contributed by atoms with Gasteiger partial charge in [-0.25, -0.2) is 0 Å². The highest BCUT2D eigenvalue weighted by Gasteiger charge is 1.94. The molecule has 24 heavy (non-hydrogen) atoms. The van der Waals surface area contributed by atoms with E-state index in [1.54, 1.807) is 0 Å². The molecule has 0 saturated carbocycles. The summed E-state index contributed by atoms with van der Waals surface area (Å²) in [5, 5.41) is 8.53. The van der Waals surface area contributed by atoms with Gasteiger partial charge >= 0.3 is 5.97 Å². The van der Waals surface area contributed by atoms with Crippen LogP contribution in [0.4, 0.5) is 0 Å². The second-order valence-electron chi connectivity index (χ2n) is 6.08. The zero-order chi connectivity index (χ0) is 17.7. The summed E-state index contributed by atoms with van der Waals surface area (Å²) in [6.07, 6.45) is 30.2. The summed E-state index contributed by atoms with van der Waals surface area (Å²) < 4.78 is 0. The third-order valence-corrected chi connectivity index (χ3v) is 3.72. The van der Waals surface area contributed by atoms with Crippen LogP contribution in [-0.4, -0.2) is 11.1 Å². The first-order valence-corrected chi connectivity index (χ1v) is 9.59. The number of unbranched alkanes of at least 4 members (excludes halogenated alkanes) is 6. The van der Waals surface area contributed by atoms with E-state index < -0.39 is 5.97 Å². The van der Waals surface area contributed by atoms with E-state index in [9.17, 15) is 4.79 Å². The van der Waals surface area contributed by atoms with Crippen molar-refractivity contribution in [3.05, 3.63) is 48.6 Å². The summed E-state index contributed by atoms with van der Waals surface area (Å²) in [6.45, 7) is 2.24. The lowest BCUT2D eigenvalue weighted by atomic mass is 10.1. The van der Waals surface area contributed by atoms with Crippen LogP contribution in [0.3, 0.4) is 0 Å². The average Bonchev–Trinajstić information content (AvgIpc) is 2.56. The summed E-state index contributed by atoms with van der Waals surface area (Å²) in [5.41, 5.74) is 0. The van der Waals surface area contributed by atoms with Crippen LogP contribution in [0.2, 0.25) is 0 Å². The Morgan fingerprint density at radius 1 is 0.667 bits per heavy atom. The molecule has 136 valence electrons. The first-order valence-electron chi connectivity index (χ1n) is 9.59. The Balaban J connectivity index is 3.37. The van der Waals surface area contributed by atoms with E-state index in [0.717, 1.165) is 44.9 Å². The summed E-state index contributed by atoms with van der Waals surface area (Å²) in [6, 6.07) is 0. The Bertz CT molecular complexity index is 389. The molecule has 0 aromatic rings. The molecule has 0 radical (unpaired) electrons. The normalized spacial score (nSPS) is 12.4. The highest BCUT2D eigenvalue weighted by molar-refractivity contribution is 5.66. The minimum absolute atomic E-state index is 0.300. The summed E-state index contributed by atoms with van der Waals surface area (Å²) >= 11 is 0. The lowest BCUT2D eigenvalue weighted by Crippen LogP contribution is -1.93. The lowest BCUT2D eigenvalue weighted by Gasteiger charge is -1.94. The molecular weight excluding hydrogens is 296 g/mol. The Labute approximate surface area is 149 Å². The SMILES string of the molecule is CCCCC/C=C/C/C=C/C/C=C/C/C=C\CCCCCC(=O)O. The van der Waals surface area contributed by atoms with Gasteiger partial charge in [-0.2, -0.15) is 0 Å². The monoisotopic (exact) mass is 332 g/mol. The van der Waals surface area contributed by atoms with E-state index in [1.807, 2.05) is 0 Å². The van der Waals surface area contributed by atoms with E-state index in [2.05, 4.69) is 55.5 Å². The van der Waals surface area contributed by atoms with Crippen molar-refractivity contribution in [2.75, 3.05) is 0 Å². The second kappa shape index (κ2) is 19.5. The van der Waals surface area contributed by atoms with Gasteiger partial charge in [0.25, 0.3) is 0 Å². The quantitative estimate of drug-likeness (QED) is 0.244. The molecule has 0 saturated heterocycles. The van der Waals surface area contributed by atoms with Gasteiger partial charge in [0.15, 0.2) is 0 Å². The molecule has 0 amide bonds. The van der Waals surface area contributed by atoms with Crippen LogP contribution in [0.15, 0.2) is 48.6 Å². The molecule has 0 heterocycles. The Hall–Kier alpha value is -1.57. The summed E-state index contributed by atoms with van der Waals surface area (Å²) in [7, 11) is 0. The third-order valence-electron chi connectivity index (χ3n) is 3.72. The van der Waals surface area contributed by atoms with Gasteiger partial charge in [0.2, 0.25) is 0 Å². The van der Waals surface area contributed by atoms with Crippen molar-refractivity contribution >= 4 is 5.97 Å². The smallest absolute Gasteiger partial charge is 0.303 e. The van der Waals surface area contributed by atoms with Crippen molar-refractivity contribution in [2.24, 2.45) is 0 Å². The molecule has 0 aliphatic heterocycles. The van der Waals surface area contributed by atoms with Gasteiger partial charge in [-0.15, -0.1) is 0 Å². The van der Waals surface area contributed by atoms with Gasteiger partial charge in [-0.05, 0) is 51.4 Å². The van der Waals surface area contributed by atoms with E-state index in [-0.39, 0.29) is 0 Å². The number of carboxylic acids is 1. The number of rotatable bonds is 16. The molecule has 0 rings (SSSR count). The number of carbonyl (C=O) groups is 1. The van der Waals surface area contributed by atoms with E-state index >= 15 is 0 Å². The van der Waals surface area contributed by atoms with Gasteiger partial charge in [-0.3, -0.25) is 4.79 Å². The van der Waals surface area contributed by atoms with Crippen molar-refractivity contribution < 1.29 is 9.90 Å². The molecule has 0 aromatic carbocycles. The maximum atomic E-state index is 10.4. The highest BCUT2D eigenvalue weighted by Crippen LogP contribution is 2.04. The van der Waals surface area contributed by atoms with Crippen molar-refractivity contribution in [3.63, 3.8) is 0 Å². The molecule has 0 aromatic heterocycles. The first kappa shape index (κ1) is 22.4. The van der Waals surface area contributed by atoms with Gasteiger partial charge < -0.3 is 5.11 Å². The fourth-order valence-electron chi connectivity index (χ4n) is 2.28. The summed E-state index contributed by atoms with van der Waals surface area (Å²) in [5.74, 6) is -0.687. The molecule has 0 aliphatic rings. The van der Waals surface area contributed by atoms with Crippen LogP contribution in [0.1, 0.15) is 84.0 Å². The van der Waals surface area contributed by atoms with Gasteiger partial charge in [0, 0.05) is 6.42 Å². The van der Waals surface area contributed by atoms with E-state index in [1.165, 1.54) is 25.7 Å². The number of hydrogen-bond donors (Lipinski definition) is 1. The predicted octanol–water partition coefficient (Wildman–Crippen LogP) is 7.00. The Kier molecular flexibility index (Phi) is 18.2. The topological polar surface area (TPSA) is 37.3 Å². The van der Waals surface area contributed by atoms with Crippen molar-refractivity contribution in [3.8, 4) is 0 Å². The number of carboxylic acid groups (broad SMARTS) is 1. The van der Waals surface area contributed by atoms with Crippen molar-refractivity contribution in [1.82, 2.24) is 0 Å². The Morgan fingerprint density at radius 2 is 1.12 bits per heavy atom. The van der Waals surface area contributed by atoms with Gasteiger partial charge in [0.05, 0.1) is 0 Å². The van der Waals surface area contributed by atoms with Crippen molar-refractivity contribution in [1.29, 1.82) is 0 Å². The minimum Gasteiger partial charge on any atom is -0.481 e. The van der Waals surface area contributed by atoms with E-state index in [0.29, 0.717) is 6.42 Å². The highest BCUT2D eigenvalue weighted by atomic mass is 16.4. The van der Waals surface area contributed by atoms with Gasteiger partial charge in [-0.1, -0.05) is 74.8 Å². The predicted molar refractivity (Wildman–Crippen MR) is 105 cm³/mol. The number of aliphatic carboxylic acids is 1. The van der Waals surface area contributed by atoms with Crippen molar-refractivity contribution in [2.45, 2.75) is 84.0 Å². The molecule has 0 fully saturated rings. The molecule has 0 unspecified atom stereocenters. The van der Waals surface area contributed by atoms with Crippen LogP contribution in [0.5, 0.6) is 0 Å². The standard InChI is InChI=1S/C22H36O2/c1-2-3-4-5-6-7-8-9-10-11-12-13-14-15-16-17-18-19-20-21-22(23)24/h6-7,9-10,12-13,15-16H,2-5,8,11,14,17-21H2,1H3,(H,23,24)/b7-6+,10-9+,13-12+,16-15-. The van der Waals surface area contributed by atoms with Crippen LogP contribution >= 0.6 is 0 Å². The third kappa shape index (κ3) is 20.4. The van der Waals surface area contributed by atoms with E-state index in [4.69, 9.17) is 5.11 Å². The molecule has 0 atom stereocenters. The fourth-order valence-corrected chi connectivity index (χ4v) is 2.28. The minimum atomic E-state index is -0.687. The molecule has 1 N–H and O–H groups in total. The fraction of sp³-hybridized carbons (Fsp3) is 0.591. The van der Waals surface area contributed by atoms with Crippen LogP contribution in [-0.2, 0) is 4.79 Å². The first-order chi connectivity index (χ1) is 11.8. The second-order valence-corrected chi connectivity index (χ2v) is 6.08. The Morgan fingerprint density at radius 3 is 1.58 bits per heavy atom. The maximum absolute atomic E-state index is 10.4. The van der Waals surface area contributed by atoms with Crippen LogP contribution in [0.25, 0.3) is 0 Å². The van der Waals surface area contributed by atoms with Crippen LogP contribution < -0.4 is 0 Å². The number of allylic oxidation sites excluding steroid dienone is 8. The zero-order valence-electron chi connectivity index (χ0n) is 15.5. The molecule has 2 heteroatoms. The van der Waals surface area contributed by atoms with Crippen LogP contribution in [0, 0.1) is 0 Å². The average molecular weight is 333 g/mol. The summed E-state index contributed by atoms with van der Waals surface area (Å²) in [4.78, 5) is 10.4. The van der Waals surface area contributed by atoms with Gasteiger partial charge in [0.1, 0.15) is 0 Å². The molecular formula is C22H36O2. The molecule has 0 spiro atoms. The maximum Gasteiger partial charge on any atom is 0.303 e. The lowest BCUT2D eigenvalue weighted by molar-refractivity contribution is -0.137. The molecule has 0 bridgehead atoms. The number of hydrogen-bond acceptors (Lipinski definition) is 1. The molecule has 0 aliphatic carbocycles. The zero-order valence-corrected chi connectivity index (χ0v) is 15.5.